The van der Waals surface area contributed by atoms with Crippen LogP contribution in [0.15, 0.2) is 4.99 Å². The van der Waals surface area contributed by atoms with E-state index in [2.05, 4.69) is 9.66 Å². The third-order valence-corrected chi connectivity index (χ3v) is 0.601. The molecule has 1 aliphatic heterocycles. The standard InChI is InChI=1S/C4H3N2O/c7-2-4-1-5-3-6-4/h1-3H/q+1. The van der Waals surface area contributed by atoms with Crippen molar-refractivity contribution in [2.75, 3.05) is 0 Å². The largest absolute Gasteiger partial charge is 0.379 e. The molecule has 0 radical (unpaired) electrons. The van der Waals surface area contributed by atoms with E-state index >= 15 is 0 Å². The first kappa shape index (κ1) is 3.96. The van der Waals surface area contributed by atoms with Crippen LogP contribution in [0.25, 0.3) is 0 Å². The molecule has 7 heavy (non-hydrogen) atoms. The van der Waals surface area contributed by atoms with Crippen molar-refractivity contribution >= 4 is 24.6 Å². The number of rotatable bonds is 1. The molecule has 34 valence electrons. The van der Waals surface area contributed by atoms with E-state index in [-0.39, 0.29) is 0 Å². The molecule has 0 saturated carbocycles. The van der Waals surface area contributed by atoms with Crippen molar-refractivity contribution in [2.45, 2.75) is 0 Å². The van der Waals surface area contributed by atoms with Gasteiger partial charge >= 0.3 is 6.34 Å². The summed E-state index contributed by atoms with van der Waals surface area (Å²) in [6, 6.07) is 0. The molecule has 0 spiro atoms. The molecule has 0 atom stereocenters. The number of hydrogen-bond acceptors (Lipinski definition) is 2. The van der Waals surface area contributed by atoms with Gasteiger partial charge in [0.15, 0.2) is 6.29 Å². The molecule has 0 N–H and O–H groups in total. The van der Waals surface area contributed by atoms with Gasteiger partial charge in [0.05, 0.1) is 0 Å². The van der Waals surface area contributed by atoms with E-state index in [0.29, 0.717) is 12.0 Å². The molecule has 0 aliphatic carbocycles. The van der Waals surface area contributed by atoms with Crippen LogP contribution in [-0.4, -0.2) is 24.6 Å². The Labute approximate surface area is 40.1 Å². The van der Waals surface area contributed by atoms with E-state index < -0.39 is 0 Å². The van der Waals surface area contributed by atoms with Crippen molar-refractivity contribution in [3.8, 4) is 0 Å². The Morgan fingerprint density at radius 3 is 3.00 bits per heavy atom. The molecular formula is C4H3N2O+. The van der Waals surface area contributed by atoms with Crippen molar-refractivity contribution in [3.05, 3.63) is 0 Å². The summed E-state index contributed by atoms with van der Waals surface area (Å²) in [4.78, 5) is 13.3. The molecular weight excluding hydrogens is 92.1 g/mol. The van der Waals surface area contributed by atoms with Crippen LogP contribution in [0.2, 0.25) is 0 Å². The van der Waals surface area contributed by atoms with Crippen LogP contribution < -0.4 is 4.67 Å². The second kappa shape index (κ2) is 1.49. The molecule has 3 nitrogen and oxygen atoms in total. The van der Waals surface area contributed by atoms with Crippen LogP contribution in [0.5, 0.6) is 0 Å². The summed E-state index contributed by atoms with van der Waals surface area (Å²) in [5.41, 5.74) is 0.389. The normalized spacial score (nSPS) is 14.6. The predicted octanol–water partition coefficient (Wildman–Crippen LogP) is -1.19. The third-order valence-electron chi connectivity index (χ3n) is 0.601. The average Bonchev–Trinajstić information content (AvgIpc) is 2.14. The SMILES string of the molecule is O=CC1=NC=[N+]=C1. The molecule has 0 aromatic rings. The summed E-state index contributed by atoms with van der Waals surface area (Å²) in [6.07, 6.45) is 3.41. The number of nitrogens with zero attached hydrogens (tertiary/aromatic N) is 2. The van der Waals surface area contributed by atoms with Gasteiger partial charge in [-0.15, -0.1) is 0 Å². The molecule has 0 aromatic carbocycles. The molecule has 1 heterocycles. The molecule has 1 rings (SSSR count). The van der Waals surface area contributed by atoms with Gasteiger partial charge in [0.1, 0.15) is 0 Å². The fourth-order valence-corrected chi connectivity index (χ4v) is 0.304. The molecule has 0 aromatic heterocycles. The van der Waals surface area contributed by atoms with E-state index in [1.807, 2.05) is 0 Å². The van der Waals surface area contributed by atoms with Crippen molar-refractivity contribution in [1.29, 1.82) is 0 Å². The zero-order valence-corrected chi connectivity index (χ0v) is 3.53. The zero-order chi connectivity index (χ0) is 5.11. The van der Waals surface area contributed by atoms with Gasteiger partial charge in [0.2, 0.25) is 6.21 Å². The molecule has 0 saturated heterocycles. The molecule has 1 aliphatic rings. The highest BCUT2D eigenvalue weighted by molar-refractivity contribution is 6.56. The Morgan fingerprint density at radius 2 is 2.71 bits per heavy atom. The second-order valence-corrected chi connectivity index (χ2v) is 1.07. The Kier molecular flexibility index (Phi) is 0.845. The maximum atomic E-state index is 9.77. The van der Waals surface area contributed by atoms with Gasteiger partial charge in [-0.3, -0.25) is 4.79 Å². The minimum Gasteiger partial charge on any atom is -0.293 e. The summed E-state index contributed by atoms with van der Waals surface area (Å²) >= 11 is 0. The number of hydrogen-bond donors (Lipinski definition) is 0. The number of carbonyl (C=O) groups is 1. The topological polar surface area (TPSA) is 43.5 Å². The highest BCUT2D eigenvalue weighted by Gasteiger charge is 2.03. The van der Waals surface area contributed by atoms with E-state index in [1.165, 1.54) is 12.6 Å². The lowest BCUT2D eigenvalue weighted by atomic mass is 10.5. The van der Waals surface area contributed by atoms with E-state index in [9.17, 15) is 4.79 Å². The van der Waals surface area contributed by atoms with Crippen molar-refractivity contribution in [2.24, 2.45) is 4.99 Å². The average molecular weight is 95.1 g/mol. The van der Waals surface area contributed by atoms with Crippen LogP contribution in [-0.2, 0) is 4.79 Å². The fourth-order valence-electron chi connectivity index (χ4n) is 0.304. The maximum absolute atomic E-state index is 9.77. The van der Waals surface area contributed by atoms with E-state index in [0.717, 1.165) is 0 Å². The van der Waals surface area contributed by atoms with Gasteiger partial charge in [-0.25, -0.2) is 4.67 Å². The van der Waals surface area contributed by atoms with Gasteiger partial charge in [-0.2, -0.15) is 0 Å². The Morgan fingerprint density at radius 1 is 1.86 bits per heavy atom. The number of aldehydes is 1. The number of aliphatic imine (C=N–C) groups is 1. The van der Waals surface area contributed by atoms with Crippen LogP contribution in [0, 0.1) is 0 Å². The van der Waals surface area contributed by atoms with Crippen molar-refractivity contribution < 1.29 is 4.79 Å². The fraction of sp³-hybridized carbons (Fsp3) is 0. The van der Waals surface area contributed by atoms with Crippen LogP contribution in [0.3, 0.4) is 0 Å². The minimum atomic E-state index is 0.389. The quantitative estimate of drug-likeness (QED) is 0.298. The Hall–Kier alpha value is -1.21. The first-order chi connectivity index (χ1) is 3.43. The van der Waals surface area contributed by atoms with Gasteiger partial charge < -0.3 is 0 Å². The molecule has 0 amide bonds. The first-order valence-electron chi connectivity index (χ1n) is 1.81. The van der Waals surface area contributed by atoms with Crippen molar-refractivity contribution in [1.82, 2.24) is 4.67 Å². The Bertz CT molecular complexity index is 174. The highest BCUT2D eigenvalue weighted by Crippen LogP contribution is 1.65. The zero-order valence-electron chi connectivity index (χ0n) is 3.53. The van der Waals surface area contributed by atoms with Crippen molar-refractivity contribution in [3.63, 3.8) is 0 Å². The van der Waals surface area contributed by atoms with Crippen LogP contribution >= 0.6 is 0 Å². The number of carbonyl (C=O) groups excluding carboxylic acids is 1. The Balaban J connectivity index is 2.81. The summed E-state index contributed by atoms with van der Waals surface area (Å²) in [6.45, 7) is 0. The van der Waals surface area contributed by atoms with Gasteiger partial charge in [0, 0.05) is 0 Å². The summed E-state index contributed by atoms with van der Waals surface area (Å²) in [5.74, 6) is 0. The van der Waals surface area contributed by atoms with Gasteiger partial charge in [0.25, 0.3) is 5.71 Å². The van der Waals surface area contributed by atoms with Gasteiger partial charge in [-0.05, 0) is 4.99 Å². The predicted molar refractivity (Wildman–Crippen MR) is 27.8 cm³/mol. The molecule has 3 heteroatoms. The van der Waals surface area contributed by atoms with E-state index in [4.69, 9.17) is 0 Å². The summed E-state index contributed by atoms with van der Waals surface area (Å²) < 4.78 is 3.55. The van der Waals surface area contributed by atoms with E-state index in [1.54, 1.807) is 0 Å². The van der Waals surface area contributed by atoms with Crippen LogP contribution in [0.4, 0.5) is 0 Å². The first-order valence-corrected chi connectivity index (χ1v) is 1.81. The second-order valence-electron chi connectivity index (χ2n) is 1.07. The third kappa shape index (κ3) is 0.614. The minimum absolute atomic E-state index is 0.389. The molecule has 0 fully saturated rings. The lowest BCUT2D eigenvalue weighted by Gasteiger charge is -1.55. The lowest BCUT2D eigenvalue weighted by Crippen LogP contribution is -1.97. The molecule has 0 unspecified atom stereocenters. The summed E-state index contributed by atoms with van der Waals surface area (Å²) in [7, 11) is 0. The smallest absolute Gasteiger partial charge is 0.293 e. The summed E-state index contributed by atoms with van der Waals surface area (Å²) in [5, 5.41) is 0. The highest BCUT2D eigenvalue weighted by atomic mass is 16.1. The molecule has 0 bridgehead atoms. The maximum Gasteiger partial charge on any atom is 0.379 e. The van der Waals surface area contributed by atoms with Gasteiger partial charge in [-0.1, -0.05) is 0 Å². The monoisotopic (exact) mass is 95.0 g/mol. The van der Waals surface area contributed by atoms with Crippen LogP contribution in [0.1, 0.15) is 0 Å². The lowest BCUT2D eigenvalue weighted by molar-refractivity contribution is -0.102.